The number of hydrogen-bond acceptors (Lipinski definition) is 2. The van der Waals surface area contributed by atoms with Crippen LogP contribution in [0.1, 0.15) is 40.5 Å². The fraction of sp³-hybridized carbons (Fsp3) is 0.917. The molecule has 1 atom stereocenters. The van der Waals surface area contributed by atoms with Gasteiger partial charge in [0.25, 0.3) is 0 Å². The summed E-state index contributed by atoms with van der Waals surface area (Å²) in [6.45, 7) is 11.1. The minimum absolute atomic E-state index is 0.161. The summed E-state index contributed by atoms with van der Waals surface area (Å²) in [6.07, 6.45) is 2.09. The Morgan fingerprint density at radius 1 is 1.47 bits per heavy atom. The maximum absolute atomic E-state index is 12.0. The van der Waals surface area contributed by atoms with Crippen molar-refractivity contribution in [1.82, 2.24) is 10.6 Å². The summed E-state index contributed by atoms with van der Waals surface area (Å²) in [5.74, 6) is 0.199. The van der Waals surface area contributed by atoms with Crippen LogP contribution in [-0.2, 0) is 4.79 Å². The normalized spacial score (nSPS) is 27.5. The Morgan fingerprint density at radius 2 is 2.13 bits per heavy atom. The van der Waals surface area contributed by atoms with E-state index in [0.717, 1.165) is 32.5 Å². The van der Waals surface area contributed by atoms with Crippen LogP contribution in [0.3, 0.4) is 0 Å². The molecule has 1 aliphatic rings. The van der Waals surface area contributed by atoms with Gasteiger partial charge >= 0.3 is 0 Å². The van der Waals surface area contributed by atoms with Gasteiger partial charge in [-0.3, -0.25) is 4.79 Å². The molecule has 1 fully saturated rings. The molecule has 1 amide bonds. The van der Waals surface area contributed by atoms with Crippen molar-refractivity contribution in [3.63, 3.8) is 0 Å². The number of carbonyl (C=O) groups excluding carboxylic acids is 1. The molecule has 1 unspecified atom stereocenters. The van der Waals surface area contributed by atoms with Gasteiger partial charge in [0, 0.05) is 13.1 Å². The zero-order valence-corrected chi connectivity index (χ0v) is 10.4. The SMILES string of the molecule is CC(C)(C)CNC(=O)C1(C)CCCNC1. The van der Waals surface area contributed by atoms with Crippen molar-refractivity contribution in [3.05, 3.63) is 0 Å². The Labute approximate surface area is 93.0 Å². The first kappa shape index (κ1) is 12.5. The van der Waals surface area contributed by atoms with Crippen LogP contribution in [0.25, 0.3) is 0 Å². The Balaban J connectivity index is 2.45. The third-order valence-corrected chi connectivity index (χ3v) is 2.92. The Bertz CT molecular complexity index is 224. The van der Waals surface area contributed by atoms with Crippen molar-refractivity contribution in [1.29, 1.82) is 0 Å². The number of rotatable bonds is 2. The lowest BCUT2D eigenvalue weighted by atomic mass is 9.81. The van der Waals surface area contributed by atoms with Crippen LogP contribution in [-0.4, -0.2) is 25.5 Å². The lowest BCUT2D eigenvalue weighted by Gasteiger charge is -2.33. The van der Waals surface area contributed by atoms with Crippen LogP contribution >= 0.6 is 0 Å². The molecule has 0 radical (unpaired) electrons. The highest BCUT2D eigenvalue weighted by atomic mass is 16.2. The summed E-state index contributed by atoms with van der Waals surface area (Å²) in [4.78, 5) is 12.0. The van der Waals surface area contributed by atoms with Gasteiger partial charge in [0.1, 0.15) is 0 Å². The van der Waals surface area contributed by atoms with Gasteiger partial charge in [0.05, 0.1) is 5.41 Å². The van der Waals surface area contributed by atoms with Gasteiger partial charge in [-0.1, -0.05) is 20.8 Å². The third kappa shape index (κ3) is 3.82. The summed E-state index contributed by atoms with van der Waals surface area (Å²) in [7, 11) is 0. The molecular formula is C12H24N2O. The molecule has 0 spiro atoms. The lowest BCUT2D eigenvalue weighted by molar-refractivity contribution is -0.131. The van der Waals surface area contributed by atoms with Crippen molar-refractivity contribution >= 4 is 5.91 Å². The van der Waals surface area contributed by atoms with Crippen molar-refractivity contribution in [2.45, 2.75) is 40.5 Å². The fourth-order valence-electron chi connectivity index (χ4n) is 1.81. The van der Waals surface area contributed by atoms with Crippen molar-refractivity contribution in [2.24, 2.45) is 10.8 Å². The monoisotopic (exact) mass is 212 g/mol. The molecule has 1 aliphatic heterocycles. The van der Waals surface area contributed by atoms with Gasteiger partial charge in [-0.2, -0.15) is 0 Å². The van der Waals surface area contributed by atoms with Crippen LogP contribution in [0.2, 0.25) is 0 Å². The fourth-order valence-corrected chi connectivity index (χ4v) is 1.81. The van der Waals surface area contributed by atoms with E-state index >= 15 is 0 Å². The largest absolute Gasteiger partial charge is 0.355 e. The van der Waals surface area contributed by atoms with Gasteiger partial charge in [-0.15, -0.1) is 0 Å². The molecule has 1 rings (SSSR count). The number of hydrogen-bond donors (Lipinski definition) is 2. The first-order valence-electron chi connectivity index (χ1n) is 5.83. The molecule has 0 aliphatic carbocycles. The predicted molar refractivity (Wildman–Crippen MR) is 62.7 cm³/mol. The number of piperidine rings is 1. The third-order valence-electron chi connectivity index (χ3n) is 2.92. The molecule has 3 nitrogen and oxygen atoms in total. The van der Waals surface area contributed by atoms with E-state index < -0.39 is 0 Å². The van der Waals surface area contributed by atoms with Crippen molar-refractivity contribution < 1.29 is 4.79 Å². The van der Waals surface area contributed by atoms with Crippen LogP contribution in [0.5, 0.6) is 0 Å². The quantitative estimate of drug-likeness (QED) is 0.729. The van der Waals surface area contributed by atoms with E-state index in [0.29, 0.717) is 0 Å². The van der Waals surface area contributed by atoms with Crippen LogP contribution in [0.4, 0.5) is 0 Å². The van der Waals surface area contributed by atoms with Crippen LogP contribution < -0.4 is 10.6 Å². The molecule has 2 N–H and O–H groups in total. The van der Waals surface area contributed by atoms with Gasteiger partial charge < -0.3 is 10.6 Å². The minimum atomic E-state index is -0.205. The molecule has 0 aromatic carbocycles. The lowest BCUT2D eigenvalue weighted by Crippen LogP contribution is -2.50. The Hall–Kier alpha value is -0.570. The van der Waals surface area contributed by atoms with Gasteiger partial charge in [-0.05, 0) is 31.7 Å². The van der Waals surface area contributed by atoms with Crippen LogP contribution in [0, 0.1) is 10.8 Å². The molecule has 3 heteroatoms. The first-order valence-corrected chi connectivity index (χ1v) is 5.83. The smallest absolute Gasteiger partial charge is 0.227 e. The summed E-state index contributed by atoms with van der Waals surface area (Å²) in [6, 6.07) is 0. The van der Waals surface area contributed by atoms with Crippen molar-refractivity contribution in [3.8, 4) is 0 Å². The number of amides is 1. The highest BCUT2D eigenvalue weighted by molar-refractivity contribution is 5.82. The van der Waals surface area contributed by atoms with E-state index in [1.807, 2.05) is 0 Å². The molecule has 0 bridgehead atoms. The summed E-state index contributed by atoms with van der Waals surface area (Å²) < 4.78 is 0. The molecule has 0 aromatic rings. The van der Waals surface area contributed by atoms with E-state index in [1.54, 1.807) is 0 Å². The number of carbonyl (C=O) groups is 1. The van der Waals surface area contributed by atoms with E-state index in [1.165, 1.54) is 0 Å². The standard InChI is InChI=1S/C12H24N2O/c1-11(2,3)8-14-10(15)12(4)6-5-7-13-9-12/h13H,5-9H2,1-4H3,(H,14,15). The van der Waals surface area contributed by atoms with E-state index in [-0.39, 0.29) is 16.7 Å². The molecular weight excluding hydrogens is 188 g/mol. The zero-order chi connectivity index (χ0) is 11.5. The predicted octanol–water partition coefficient (Wildman–Crippen LogP) is 1.54. The van der Waals surface area contributed by atoms with E-state index in [2.05, 4.69) is 38.3 Å². The second-order valence-electron chi connectivity index (χ2n) is 6.08. The van der Waals surface area contributed by atoms with E-state index in [9.17, 15) is 4.79 Å². The van der Waals surface area contributed by atoms with Gasteiger partial charge in [0.15, 0.2) is 0 Å². The average molecular weight is 212 g/mol. The minimum Gasteiger partial charge on any atom is -0.355 e. The van der Waals surface area contributed by atoms with Gasteiger partial charge in [-0.25, -0.2) is 0 Å². The Morgan fingerprint density at radius 3 is 2.60 bits per heavy atom. The number of nitrogens with one attached hydrogen (secondary N) is 2. The molecule has 88 valence electrons. The topological polar surface area (TPSA) is 41.1 Å². The summed E-state index contributed by atoms with van der Waals surface area (Å²) in [5, 5.41) is 6.35. The second-order valence-corrected chi connectivity index (χ2v) is 6.08. The van der Waals surface area contributed by atoms with Gasteiger partial charge in [0.2, 0.25) is 5.91 Å². The van der Waals surface area contributed by atoms with E-state index in [4.69, 9.17) is 0 Å². The summed E-state index contributed by atoms with van der Waals surface area (Å²) in [5.41, 5.74) is -0.0440. The Kier molecular flexibility index (Phi) is 3.77. The maximum atomic E-state index is 12.0. The highest BCUT2D eigenvalue weighted by Crippen LogP contribution is 2.25. The zero-order valence-electron chi connectivity index (χ0n) is 10.4. The average Bonchev–Trinajstić information content (AvgIpc) is 2.14. The molecule has 0 aromatic heterocycles. The highest BCUT2D eigenvalue weighted by Gasteiger charge is 2.34. The first-order chi connectivity index (χ1) is 6.83. The molecule has 0 saturated carbocycles. The van der Waals surface area contributed by atoms with Crippen molar-refractivity contribution in [2.75, 3.05) is 19.6 Å². The molecule has 1 heterocycles. The molecule has 15 heavy (non-hydrogen) atoms. The summed E-state index contributed by atoms with van der Waals surface area (Å²) >= 11 is 0. The molecule has 1 saturated heterocycles. The van der Waals surface area contributed by atoms with Crippen LogP contribution in [0.15, 0.2) is 0 Å². The maximum Gasteiger partial charge on any atom is 0.227 e. The second kappa shape index (κ2) is 4.52.